The number of hydrogen-bond acceptors (Lipinski definition) is 4. The van der Waals surface area contributed by atoms with Gasteiger partial charge in [-0.1, -0.05) is 0 Å². The van der Waals surface area contributed by atoms with E-state index < -0.39 is 15.5 Å². The van der Waals surface area contributed by atoms with Crippen molar-refractivity contribution in [2.75, 3.05) is 45.8 Å². The molecule has 2 heterocycles. The molecule has 2 saturated heterocycles. The standard InChI is InChI=1S/C16H30F3N5O2S/c1-2-20-15(21-8-5-11-23-9-3-4-10-23)22-14-6-12-24(13-7-14)27(25,26)16(17,18)19/h14H,2-13H2,1H3,(H2,20,21,22). The summed E-state index contributed by atoms with van der Waals surface area (Å²) in [6, 6.07) is -0.0962. The highest BCUT2D eigenvalue weighted by Gasteiger charge is 2.50. The largest absolute Gasteiger partial charge is 0.511 e. The van der Waals surface area contributed by atoms with E-state index in [1.165, 1.54) is 12.8 Å². The average Bonchev–Trinajstić information content (AvgIpc) is 3.12. The number of piperidine rings is 1. The Hall–Kier alpha value is -1.07. The molecule has 0 saturated carbocycles. The van der Waals surface area contributed by atoms with Crippen molar-refractivity contribution in [3.8, 4) is 0 Å². The van der Waals surface area contributed by atoms with Crippen LogP contribution in [-0.2, 0) is 10.0 Å². The number of rotatable bonds is 7. The zero-order valence-corrected chi connectivity index (χ0v) is 16.6. The third-order valence-electron chi connectivity index (χ3n) is 4.87. The third-order valence-corrected chi connectivity index (χ3v) is 6.50. The molecule has 0 amide bonds. The first-order chi connectivity index (χ1) is 12.7. The van der Waals surface area contributed by atoms with Crippen LogP contribution in [0.1, 0.15) is 39.0 Å². The summed E-state index contributed by atoms with van der Waals surface area (Å²) in [6.45, 7) is 6.34. The number of nitrogens with zero attached hydrogens (tertiary/aromatic N) is 3. The molecule has 0 aliphatic carbocycles. The Morgan fingerprint density at radius 2 is 1.78 bits per heavy atom. The fourth-order valence-electron chi connectivity index (χ4n) is 3.39. The normalized spacial score (nSPS) is 21.6. The Labute approximate surface area is 159 Å². The van der Waals surface area contributed by atoms with Crippen LogP contribution in [0.3, 0.4) is 0 Å². The van der Waals surface area contributed by atoms with Crippen molar-refractivity contribution >= 4 is 16.0 Å². The van der Waals surface area contributed by atoms with Crippen LogP contribution in [0.2, 0.25) is 0 Å². The summed E-state index contributed by atoms with van der Waals surface area (Å²) >= 11 is 0. The molecule has 0 spiro atoms. The van der Waals surface area contributed by atoms with Crippen LogP contribution in [-0.4, -0.2) is 80.9 Å². The van der Waals surface area contributed by atoms with Crippen LogP contribution in [0.15, 0.2) is 4.99 Å². The molecule has 2 fully saturated rings. The maximum absolute atomic E-state index is 12.6. The van der Waals surface area contributed by atoms with Gasteiger partial charge in [-0.3, -0.25) is 4.99 Å². The van der Waals surface area contributed by atoms with Crippen molar-refractivity contribution in [2.24, 2.45) is 4.99 Å². The van der Waals surface area contributed by atoms with Crippen LogP contribution in [0.5, 0.6) is 0 Å². The quantitative estimate of drug-likeness (QED) is 0.374. The maximum atomic E-state index is 12.6. The fraction of sp³-hybridized carbons (Fsp3) is 0.938. The van der Waals surface area contributed by atoms with Gasteiger partial charge >= 0.3 is 15.5 Å². The van der Waals surface area contributed by atoms with Crippen molar-refractivity contribution in [2.45, 2.75) is 50.6 Å². The van der Waals surface area contributed by atoms with Gasteiger partial charge < -0.3 is 15.5 Å². The van der Waals surface area contributed by atoms with Crippen LogP contribution >= 0.6 is 0 Å². The van der Waals surface area contributed by atoms with Gasteiger partial charge in [0.1, 0.15) is 0 Å². The summed E-state index contributed by atoms with van der Waals surface area (Å²) in [5.74, 6) is 0.635. The summed E-state index contributed by atoms with van der Waals surface area (Å²) in [7, 11) is -5.23. The number of aliphatic imine (C=N–C) groups is 1. The maximum Gasteiger partial charge on any atom is 0.511 e. The summed E-state index contributed by atoms with van der Waals surface area (Å²) in [4.78, 5) is 6.95. The van der Waals surface area contributed by atoms with Crippen molar-refractivity contribution in [3.05, 3.63) is 0 Å². The van der Waals surface area contributed by atoms with E-state index in [9.17, 15) is 21.6 Å². The molecule has 0 atom stereocenters. The molecule has 7 nitrogen and oxygen atoms in total. The molecule has 0 aromatic rings. The number of likely N-dealkylation sites (tertiary alicyclic amines) is 1. The summed E-state index contributed by atoms with van der Waals surface area (Å²) < 4.78 is 61.3. The van der Waals surface area contributed by atoms with Crippen LogP contribution < -0.4 is 10.6 Å². The average molecular weight is 414 g/mol. The third kappa shape index (κ3) is 6.49. The summed E-state index contributed by atoms with van der Waals surface area (Å²) in [5.41, 5.74) is -5.24. The minimum atomic E-state index is -5.24. The zero-order chi connectivity index (χ0) is 19.9. The van der Waals surface area contributed by atoms with Crippen molar-refractivity contribution in [1.29, 1.82) is 0 Å². The molecule has 0 bridgehead atoms. The first-order valence-electron chi connectivity index (χ1n) is 9.57. The van der Waals surface area contributed by atoms with Gasteiger partial charge in [0.2, 0.25) is 0 Å². The molecule has 0 aromatic heterocycles. The molecular weight excluding hydrogens is 383 g/mol. The molecule has 158 valence electrons. The second-order valence-electron chi connectivity index (χ2n) is 6.93. The number of alkyl halides is 3. The van der Waals surface area contributed by atoms with Crippen LogP contribution in [0.4, 0.5) is 13.2 Å². The molecule has 2 aliphatic heterocycles. The second kappa shape index (κ2) is 9.92. The Bertz CT molecular complexity index is 583. The molecule has 2 aliphatic rings. The Balaban J connectivity index is 1.78. The highest BCUT2D eigenvalue weighted by atomic mass is 32.2. The first-order valence-corrected chi connectivity index (χ1v) is 11.0. The van der Waals surface area contributed by atoms with Gasteiger partial charge in [0, 0.05) is 32.2 Å². The van der Waals surface area contributed by atoms with Gasteiger partial charge in [-0.25, -0.2) is 8.42 Å². The van der Waals surface area contributed by atoms with E-state index in [1.54, 1.807) is 0 Å². The summed E-state index contributed by atoms with van der Waals surface area (Å²) in [5, 5.41) is 6.36. The number of hydrogen-bond donors (Lipinski definition) is 2. The van der Waals surface area contributed by atoms with Crippen molar-refractivity contribution < 1.29 is 21.6 Å². The lowest BCUT2D eigenvalue weighted by Crippen LogP contribution is -2.51. The second-order valence-corrected chi connectivity index (χ2v) is 8.86. The molecule has 0 radical (unpaired) electrons. The molecule has 2 N–H and O–H groups in total. The van der Waals surface area contributed by atoms with E-state index in [0.717, 1.165) is 26.1 Å². The predicted octanol–water partition coefficient (Wildman–Crippen LogP) is 1.34. The highest BCUT2D eigenvalue weighted by Crippen LogP contribution is 2.28. The van der Waals surface area contributed by atoms with E-state index in [-0.39, 0.29) is 19.1 Å². The Kier molecular flexibility index (Phi) is 8.17. The number of sulfonamides is 1. The smallest absolute Gasteiger partial charge is 0.357 e. The molecule has 27 heavy (non-hydrogen) atoms. The van der Waals surface area contributed by atoms with Crippen molar-refractivity contribution in [3.63, 3.8) is 0 Å². The number of nitrogens with one attached hydrogen (secondary N) is 2. The highest BCUT2D eigenvalue weighted by molar-refractivity contribution is 7.90. The van der Waals surface area contributed by atoms with Gasteiger partial charge in [0.25, 0.3) is 0 Å². The minimum Gasteiger partial charge on any atom is -0.357 e. The van der Waals surface area contributed by atoms with E-state index in [2.05, 4.69) is 20.5 Å². The Morgan fingerprint density at radius 1 is 1.15 bits per heavy atom. The van der Waals surface area contributed by atoms with E-state index >= 15 is 0 Å². The van der Waals surface area contributed by atoms with Crippen LogP contribution in [0, 0.1) is 0 Å². The lowest BCUT2D eigenvalue weighted by atomic mass is 10.1. The topological polar surface area (TPSA) is 77.0 Å². The lowest BCUT2D eigenvalue weighted by Gasteiger charge is -2.32. The van der Waals surface area contributed by atoms with E-state index in [4.69, 9.17) is 0 Å². The molecular formula is C16H30F3N5O2S. The number of halogens is 3. The monoisotopic (exact) mass is 413 g/mol. The van der Waals surface area contributed by atoms with Gasteiger partial charge in [-0.05, 0) is 58.7 Å². The summed E-state index contributed by atoms with van der Waals surface area (Å²) in [6.07, 6.45) is 4.10. The van der Waals surface area contributed by atoms with Crippen molar-refractivity contribution in [1.82, 2.24) is 19.8 Å². The molecule has 2 rings (SSSR count). The lowest BCUT2D eigenvalue weighted by molar-refractivity contribution is -0.0494. The van der Waals surface area contributed by atoms with Gasteiger partial charge in [-0.15, -0.1) is 0 Å². The van der Waals surface area contributed by atoms with E-state index in [1.807, 2.05) is 6.92 Å². The number of guanidine groups is 1. The SMILES string of the molecule is CCNC(=NCCCN1CCCC1)NC1CCN(S(=O)(=O)C(F)(F)F)CC1. The molecule has 11 heteroatoms. The van der Waals surface area contributed by atoms with E-state index in [0.29, 0.717) is 36.2 Å². The predicted molar refractivity (Wildman–Crippen MR) is 99.0 cm³/mol. The van der Waals surface area contributed by atoms with Gasteiger partial charge in [-0.2, -0.15) is 17.5 Å². The molecule has 0 aromatic carbocycles. The van der Waals surface area contributed by atoms with Gasteiger partial charge in [0.15, 0.2) is 5.96 Å². The zero-order valence-electron chi connectivity index (χ0n) is 15.8. The van der Waals surface area contributed by atoms with Gasteiger partial charge in [0.05, 0.1) is 0 Å². The minimum absolute atomic E-state index is 0.0962. The Morgan fingerprint density at radius 3 is 2.33 bits per heavy atom. The van der Waals surface area contributed by atoms with Crippen LogP contribution in [0.25, 0.3) is 0 Å². The molecule has 0 unspecified atom stereocenters. The first kappa shape index (κ1) is 22.2. The fourth-order valence-corrected chi connectivity index (χ4v) is 4.38.